The summed E-state index contributed by atoms with van der Waals surface area (Å²) in [5.74, 6) is 0.543. The fourth-order valence-corrected chi connectivity index (χ4v) is 3.08. The highest BCUT2D eigenvalue weighted by Gasteiger charge is 2.15. The molecule has 1 atom stereocenters. The Morgan fingerprint density at radius 2 is 2.17 bits per heavy atom. The number of hydrogen-bond donors (Lipinski definition) is 2. The van der Waals surface area contributed by atoms with Crippen LogP contribution in [-0.2, 0) is 11.3 Å². The molecule has 3 rings (SSSR count). The Bertz CT molecular complexity index is 644. The smallest absolute Gasteiger partial charge is 0.222 e. The Hall–Kier alpha value is -2.14. The highest BCUT2D eigenvalue weighted by molar-refractivity contribution is 5.92. The van der Waals surface area contributed by atoms with E-state index in [1.807, 2.05) is 41.2 Å². The van der Waals surface area contributed by atoms with Crippen molar-refractivity contribution in [2.75, 3.05) is 11.9 Å². The number of amides is 1. The van der Waals surface area contributed by atoms with Crippen molar-refractivity contribution in [3.05, 3.63) is 36.5 Å². The standard InChI is InChI=1S/C18H24N4O/c1-14(23)20-18-17(15-7-3-2-4-8-15)13-22(21-18)12-10-16-9-5-6-11-19-16/h2-4,7-8,13,16,19H,5-6,9-12H2,1H3,(H,20,21,23). The molecule has 1 aliphatic heterocycles. The number of aryl methyl sites for hydroxylation is 1. The molecule has 5 nitrogen and oxygen atoms in total. The van der Waals surface area contributed by atoms with Gasteiger partial charge in [0, 0.05) is 31.3 Å². The highest BCUT2D eigenvalue weighted by atomic mass is 16.1. The van der Waals surface area contributed by atoms with E-state index in [9.17, 15) is 4.79 Å². The van der Waals surface area contributed by atoms with Crippen LogP contribution in [0.15, 0.2) is 36.5 Å². The van der Waals surface area contributed by atoms with Gasteiger partial charge in [-0.25, -0.2) is 0 Å². The van der Waals surface area contributed by atoms with Crippen LogP contribution in [0.5, 0.6) is 0 Å². The molecule has 0 spiro atoms. The Balaban J connectivity index is 1.75. The van der Waals surface area contributed by atoms with Crippen molar-refractivity contribution in [3.63, 3.8) is 0 Å². The summed E-state index contributed by atoms with van der Waals surface area (Å²) < 4.78 is 1.95. The first-order valence-electron chi connectivity index (χ1n) is 8.36. The second-order valence-corrected chi connectivity index (χ2v) is 6.14. The summed E-state index contributed by atoms with van der Waals surface area (Å²) in [6.45, 7) is 3.49. The van der Waals surface area contributed by atoms with Gasteiger partial charge in [0.2, 0.25) is 5.91 Å². The lowest BCUT2D eigenvalue weighted by atomic mass is 10.0. The number of carbonyl (C=O) groups is 1. The maximum atomic E-state index is 11.4. The van der Waals surface area contributed by atoms with Gasteiger partial charge in [-0.2, -0.15) is 5.10 Å². The average Bonchev–Trinajstić information content (AvgIpc) is 2.97. The number of piperidine rings is 1. The fraction of sp³-hybridized carbons (Fsp3) is 0.444. The van der Waals surface area contributed by atoms with E-state index in [1.54, 1.807) is 0 Å². The molecule has 0 radical (unpaired) electrons. The summed E-state index contributed by atoms with van der Waals surface area (Å²) in [5, 5.41) is 11.0. The summed E-state index contributed by atoms with van der Waals surface area (Å²) in [4.78, 5) is 11.4. The average molecular weight is 312 g/mol. The number of hydrogen-bond acceptors (Lipinski definition) is 3. The van der Waals surface area contributed by atoms with Gasteiger partial charge in [-0.15, -0.1) is 0 Å². The quantitative estimate of drug-likeness (QED) is 0.892. The summed E-state index contributed by atoms with van der Waals surface area (Å²) >= 11 is 0. The first kappa shape index (κ1) is 15.7. The zero-order chi connectivity index (χ0) is 16.1. The largest absolute Gasteiger partial charge is 0.314 e. The lowest BCUT2D eigenvalue weighted by molar-refractivity contribution is -0.114. The fourth-order valence-electron chi connectivity index (χ4n) is 3.08. The summed E-state index contributed by atoms with van der Waals surface area (Å²) in [6.07, 6.45) is 6.93. The number of nitrogens with zero attached hydrogens (tertiary/aromatic N) is 2. The van der Waals surface area contributed by atoms with E-state index >= 15 is 0 Å². The molecule has 1 aromatic carbocycles. The van der Waals surface area contributed by atoms with Gasteiger partial charge in [-0.3, -0.25) is 9.48 Å². The van der Waals surface area contributed by atoms with Crippen LogP contribution in [0.25, 0.3) is 11.1 Å². The normalized spacial score (nSPS) is 17.9. The SMILES string of the molecule is CC(=O)Nc1nn(CCC2CCCCN2)cc1-c1ccccc1. The molecule has 2 heterocycles. The molecule has 1 unspecified atom stereocenters. The molecule has 1 fully saturated rings. The summed E-state index contributed by atoms with van der Waals surface area (Å²) in [6, 6.07) is 10.6. The second kappa shape index (κ2) is 7.42. The molecule has 2 aromatic rings. The maximum Gasteiger partial charge on any atom is 0.222 e. The molecule has 1 amide bonds. The minimum Gasteiger partial charge on any atom is -0.314 e. The lowest BCUT2D eigenvalue weighted by Gasteiger charge is -2.23. The molecule has 0 aliphatic carbocycles. The predicted molar refractivity (Wildman–Crippen MR) is 92.2 cm³/mol. The van der Waals surface area contributed by atoms with Gasteiger partial charge in [0.15, 0.2) is 5.82 Å². The van der Waals surface area contributed by atoms with Gasteiger partial charge in [-0.1, -0.05) is 36.8 Å². The van der Waals surface area contributed by atoms with Crippen molar-refractivity contribution in [3.8, 4) is 11.1 Å². The van der Waals surface area contributed by atoms with Gasteiger partial charge < -0.3 is 10.6 Å². The third-order valence-corrected chi connectivity index (χ3v) is 4.26. The molecular weight excluding hydrogens is 288 g/mol. The van der Waals surface area contributed by atoms with Crippen LogP contribution in [-0.4, -0.2) is 28.3 Å². The lowest BCUT2D eigenvalue weighted by Crippen LogP contribution is -2.34. The van der Waals surface area contributed by atoms with Crippen LogP contribution in [0.1, 0.15) is 32.6 Å². The number of aromatic nitrogens is 2. The van der Waals surface area contributed by atoms with Crippen molar-refractivity contribution in [2.45, 2.75) is 45.2 Å². The molecule has 23 heavy (non-hydrogen) atoms. The third-order valence-electron chi connectivity index (χ3n) is 4.26. The zero-order valence-electron chi connectivity index (χ0n) is 13.6. The minimum atomic E-state index is -0.0959. The second-order valence-electron chi connectivity index (χ2n) is 6.14. The van der Waals surface area contributed by atoms with Gasteiger partial charge in [0.1, 0.15) is 0 Å². The number of nitrogens with one attached hydrogen (secondary N) is 2. The molecule has 1 saturated heterocycles. The topological polar surface area (TPSA) is 59.0 Å². The minimum absolute atomic E-state index is 0.0959. The van der Waals surface area contributed by atoms with E-state index in [2.05, 4.69) is 15.7 Å². The van der Waals surface area contributed by atoms with Crippen molar-refractivity contribution in [1.29, 1.82) is 0 Å². The monoisotopic (exact) mass is 312 g/mol. The van der Waals surface area contributed by atoms with E-state index in [-0.39, 0.29) is 5.91 Å². The van der Waals surface area contributed by atoms with Crippen molar-refractivity contribution < 1.29 is 4.79 Å². The number of rotatable bonds is 5. The van der Waals surface area contributed by atoms with E-state index in [0.29, 0.717) is 11.9 Å². The van der Waals surface area contributed by atoms with Gasteiger partial charge >= 0.3 is 0 Å². The Morgan fingerprint density at radius 3 is 2.87 bits per heavy atom. The Kier molecular flexibility index (Phi) is 5.08. The van der Waals surface area contributed by atoms with E-state index in [4.69, 9.17) is 0 Å². The van der Waals surface area contributed by atoms with Crippen LogP contribution in [0.3, 0.4) is 0 Å². The zero-order valence-corrected chi connectivity index (χ0v) is 13.6. The molecule has 2 N–H and O–H groups in total. The Morgan fingerprint density at radius 1 is 1.35 bits per heavy atom. The van der Waals surface area contributed by atoms with Crippen LogP contribution < -0.4 is 10.6 Å². The van der Waals surface area contributed by atoms with Crippen LogP contribution in [0, 0.1) is 0 Å². The molecule has 1 aliphatic rings. The van der Waals surface area contributed by atoms with E-state index in [0.717, 1.165) is 30.6 Å². The predicted octanol–water partition coefficient (Wildman–Crippen LogP) is 3.04. The first-order valence-corrected chi connectivity index (χ1v) is 8.36. The number of carbonyl (C=O) groups excluding carboxylic acids is 1. The van der Waals surface area contributed by atoms with Gasteiger partial charge in [0.05, 0.1) is 0 Å². The summed E-state index contributed by atoms with van der Waals surface area (Å²) in [5.41, 5.74) is 2.04. The Labute approximate surface area is 137 Å². The molecule has 122 valence electrons. The molecule has 1 aromatic heterocycles. The van der Waals surface area contributed by atoms with Crippen LogP contribution in [0.4, 0.5) is 5.82 Å². The van der Waals surface area contributed by atoms with Crippen LogP contribution in [0.2, 0.25) is 0 Å². The number of benzene rings is 1. The first-order chi connectivity index (χ1) is 11.2. The third kappa shape index (κ3) is 4.20. The van der Waals surface area contributed by atoms with Crippen molar-refractivity contribution >= 4 is 11.7 Å². The van der Waals surface area contributed by atoms with E-state index < -0.39 is 0 Å². The molecule has 0 bridgehead atoms. The molecular formula is C18H24N4O. The molecule has 5 heteroatoms. The van der Waals surface area contributed by atoms with Gasteiger partial charge in [0.25, 0.3) is 0 Å². The summed E-state index contributed by atoms with van der Waals surface area (Å²) in [7, 11) is 0. The van der Waals surface area contributed by atoms with E-state index in [1.165, 1.54) is 26.2 Å². The van der Waals surface area contributed by atoms with Crippen molar-refractivity contribution in [1.82, 2.24) is 15.1 Å². The maximum absolute atomic E-state index is 11.4. The van der Waals surface area contributed by atoms with Crippen LogP contribution >= 0.6 is 0 Å². The van der Waals surface area contributed by atoms with Gasteiger partial charge in [-0.05, 0) is 31.4 Å². The highest BCUT2D eigenvalue weighted by Crippen LogP contribution is 2.27. The van der Waals surface area contributed by atoms with Crippen molar-refractivity contribution in [2.24, 2.45) is 0 Å². The molecule has 0 saturated carbocycles. The number of anilines is 1.